The molecule has 2 aromatic heterocycles. The second kappa shape index (κ2) is 18.8. The van der Waals surface area contributed by atoms with Gasteiger partial charge in [-0.2, -0.15) is 0 Å². The van der Waals surface area contributed by atoms with Crippen LogP contribution in [-0.2, 0) is 22.4 Å². The summed E-state index contributed by atoms with van der Waals surface area (Å²) < 4.78 is 39.5. The van der Waals surface area contributed by atoms with Crippen LogP contribution in [0.1, 0.15) is 88.9 Å². The molecular formula is C49H60ClF2N11O5. The van der Waals surface area contributed by atoms with Crippen molar-refractivity contribution in [3.63, 3.8) is 0 Å². The summed E-state index contributed by atoms with van der Waals surface area (Å²) in [5, 5.41) is 13.9. The maximum Gasteiger partial charge on any atom is 0.328 e. The molecule has 3 atom stereocenters. The Morgan fingerprint density at radius 1 is 0.912 bits per heavy atom. The lowest BCUT2D eigenvalue weighted by molar-refractivity contribution is -0.141. The number of rotatable bonds is 11. The van der Waals surface area contributed by atoms with Crippen LogP contribution in [0.15, 0.2) is 42.6 Å². The normalized spacial score (nSPS) is 24.0. The molecule has 2 aromatic carbocycles. The fourth-order valence-electron chi connectivity index (χ4n) is 11.5. The minimum absolute atomic E-state index is 0.00881. The van der Waals surface area contributed by atoms with Crippen LogP contribution in [-0.4, -0.2) is 150 Å². The van der Waals surface area contributed by atoms with E-state index >= 15 is 8.78 Å². The van der Waals surface area contributed by atoms with E-state index in [0.717, 1.165) is 62.3 Å². The van der Waals surface area contributed by atoms with Gasteiger partial charge in [-0.05, 0) is 119 Å². The Morgan fingerprint density at radius 3 is 2.38 bits per heavy atom. The van der Waals surface area contributed by atoms with Crippen molar-refractivity contribution in [2.45, 2.75) is 101 Å². The van der Waals surface area contributed by atoms with Crippen molar-refractivity contribution in [3.05, 3.63) is 75.6 Å². The lowest BCUT2D eigenvalue weighted by Gasteiger charge is -2.48. The Labute approximate surface area is 399 Å². The molecule has 1 saturated carbocycles. The highest BCUT2D eigenvalue weighted by Gasteiger charge is 2.49. The number of amides is 5. The minimum atomic E-state index is -2.86. The third kappa shape index (κ3) is 8.77. The number of carbonyl (C=O) groups excluding carboxylic acids is 4. The smallest absolute Gasteiger partial charge is 0.328 e. The Kier molecular flexibility index (Phi) is 12.8. The number of imide groups is 1. The molecule has 4 aromatic rings. The van der Waals surface area contributed by atoms with E-state index in [4.69, 9.17) is 21.4 Å². The lowest BCUT2D eigenvalue weighted by Crippen LogP contribution is -2.62. The van der Waals surface area contributed by atoms with Gasteiger partial charge in [-0.1, -0.05) is 23.7 Å². The number of hydrogen-bond donors (Lipinski definition) is 3. The molecule has 1 aliphatic carbocycles. The minimum Gasteiger partial charge on any atom is -0.385 e. The van der Waals surface area contributed by atoms with Crippen LogP contribution in [0.5, 0.6) is 0 Å². The van der Waals surface area contributed by atoms with Crippen LogP contribution in [0, 0.1) is 12.8 Å². The van der Waals surface area contributed by atoms with Gasteiger partial charge in [-0.3, -0.25) is 34.4 Å². The number of nitrogens with one attached hydrogen (secondary N) is 3. The summed E-state index contributed by atoms with van der Waals surface area (Å²) in [5.74, 6) is -2.55. The van der Waals surface area contributed by atoms with Gasteiger partial charge in [0, 0.05) is 76.7 Å². The van der Waals surface area contributed by atoms with Crippen LogP contribution >= 0.6 is 11.6 Å². The quantitative estimate of drug-likeness (QED) is 0.161. The number of nitrogens with zero attached hydrogens (tertiary/aromatic N) is 8. The van der Waals surface area contributed by atoms with Gasteiger partial charge in [-0.15, -0.1) is 5.10 Å². The van der Waals surface area contributed by atoms with Gasteiger partial charge in [0.15, 0.2) is 17.2 Å². The van der Waals surface area contributed by atoms with Crippen LogP contribution in [0.2, 0.25) is 5.02 Å². The molecule has 10 rings (SSSR count). The average Bonchev–Trinajstić information content (AvgIpc) is 3.97. The number of carbonyl (C=O) groups is 4. The largest absolute Gasteiger partial charge is 0.385 e. The zero-order valence-electron chi connectivity index (χ0n) is 38.9. The summed E-state index contributed by atoms with van der Waals surface area (Å²) >= 11 is 6.58. The van der Waals surface area contributed by atoms with Gasteiger partial charge >= 0.3 is 6.03 Å². The summed E-state index contributed by atoms with van der Waals surface area (Å²) in [6.45, 7) is 5.14. The van der Waals surface area contributed by atoms with E-state index in [9.17, 15) is 19.2 Å². The van der Waals surface area contributed by atoms with Crippen molar-refractivity contribution in [3.8, 4) is 0 Å². The monoisotopic (exact) mass is 955 g/mol. The van der Waals surface area contributed by atoms with E-state index in [-0.39, 0.29) is 55.4 Å². The molecule has 0 bridgehead atoms. The van der Waals surface area contributed by atoms with Gasteiger partial charge < -0.3 is 25.2 Å². The molecule has 5 amide bonds. The van der Waals surface area contributed by atoms with Gasteiger partial charge in [0.05, 0.1) is 47.3 Å². The first-order valence-electron chi connectivity index (χ1n) is 24.1. The standard InChI is InChI=1S/C49H60ClF2N11O5/c1-29-23-32(25-38(44(29)50)62-22-15-43(64)56-48(62)67)47(66)59-18-11-33(12-19-59)60-20-14-41(49(51,52)28-60)58-16-9-30(10-17-58)24-31-5-4-6-37-34(31)13-21-61(37)42-26-36(53-2)45-54-27-39(63(45)57-42)46(65)55-35-7-8-40(35)68-3/h4-6,23,25-27,30,33,35,40-41,53H,7-22,24,28H2,1-3H3,(H,55,65)(H,56,64,67)/t35?,40-,41?/m1/s1. The first-order valence-corrected chi connectivity index (χ1v) is 24.5. The number of alkyl halides is 2. The highest BCUT2D eigenvalue weighted by molar-refractivity contribution is 6.35. The molecule has 3 N–H and O–H groups in total. The van der Waals surface area contributed by atoms with Crippen molar-refractivity contribution in [1.82, 2.24) is 39.9 Å². The number of halogens is 3. The number of likely N-dealkylation sites (tertiary alicyclic amines) is 3. The number of aryl methyl sites for hydroxylation is 1. The number of hydrogen-bond acceptors (Lipinski definition) is 11. The molecule has 362 valence electrons. The van der Waals surface area contributed by atoms with Crippen LogP contribution in [0.3, 0.4) is 0 Å². The van der Waals surface area contributed by atoms with Crippen molar-refractivity contribution in [1.29, 1.82) is 0 Å². The first kappa shape index (κ1) is 46.3. The number of methoxy groups -OCH3 is 1. The topological polar surface area (TPSA) is 160 Å². The number of fused-ring (bicyclic) bond motifs is 2. The Hall–Kier alpha value is -5.43. The molecule has 68 heavy (non-hydrogen) atoms. The van der Waals surface area contributed by atoms with Crippen molar-refractivity contribution in [2.24, 2.45) is 5.92 Å². The number of urea groups is 1. The maximum atomic E-state index is 16.2. The van der Waals surface area contributed by atoms with E-state index in [2.05, 4.69) is 44.0 Å². The number of piperidine rings is 3. The number of aromatic nitrogens is 3. The Balaban J connectivity index is 0.729. The number of imidazole rings is 1. The number of ether oxygens (including phenoxy) is 1. The van der Waals surface area contributed by atoms with Crippen LogP contribution in [0.25, 0.3) is 5.65 Å². The molecule has 5 fully saturated rings. The molecule has 2 unspecified atom stereocenters. The summed E-state index contributed by atoms with van der Waals surface area (Å²) in [6, 6.07) is 10.3. The van der Waals surface area contributed by atoms with E-state index in [1.807, 2.05) is 22.9 Å². The van der Waals surface area contributed by atoms with Gasteiger partial charge in [0.2, 0.25) is 5.91 Å². The average molecular weight is 957 g/mol. The van der Waals surface area contributed by atoms with Crippen LogP contribution < -0.4 is 25.8 Å². The molecule has 16 nitrogen and oxygen atoms in total. The molecule has 19 heteroatoms. The zero-order chi connectivity index (χ0) is 47.4. The van der Waals surface area contributed by atoms with E-state index < -0.39 is 18.0 Å². The lowest BCUT2D eigenvalue weighted by atomic mass is 9.86. The van der Waals surface area contributed by atoms with E-state index in [0.29, 0.717) is 91.1 Å². The second-order valence-corrected chi connectivity index (χ2v) is 19.8. The van der Waals surface area contributed by atoms with Gasteiger partial charge in [0.25, 0.3) is 17.7 Å². The third-order valence-corrected chi connectivity index (χ3v) is 16.0. The van der Waals surface area contributed by atoms with Gasteiger partial charge in [0.1, 0.15) is 0 Å². The molecule has 4 saturated heterocycles. The highest BCUT2D eigenvalue weighted by Crippen LogP contribution is 2.41. The summed E-state index contributed by atoms with van der Waals surface area (Å²) in [4.78, 5) is 65.4. The summed E-state index contributed by atoms with van der Waals surface area (Å²) in [6.07, 6.45) is 8.54. The molecule has 6 aliphatic rings. The number of anilines is 4. The van der Waals surface area contributed by atoms with E-state index in [1.54, 1.807) is 41.8 Å². The Bertz CT molecular complexity index is 2610. The predicted octanol–water partition coefficient (Wildman–Crippen LogP) is 6.05. The summed E-state index contributed by atoms with van der Waals surface area (Å²) in [5.41, 5.74) is 6.79. The first-order chi connectivity index (χ1) is 32.8. The van der Waals surface area contributed by atoms with Crippen molar-refractivity contribution >= 4 is 63.9 Å². The fourth-order valence-corrected chi connectivity index (χ4v) is 11.7. The number of benzene rings is 2. The summed E-state index contributed by atoms with van der Waals surface area (Å²) in [7, 11) is 3.50. The predicted molar refractivity (Wildman–Crippen MR) is 255 cm³/mol. The zero-order valence-corrected chi connectivity index (χ0v) is 39.7. The molecule has 7 heterocycles. The van der Waals surface area contributed by atoms with Crippen molar-refractivity contribution in [2.75, 3.05) is 81.6 Å². The maximum absolute atomic E-state index is 16.2. The van der Waals surface area contributed by atoms with Crippen LogP contribution in [0.4, 0.5) is 36.5 Å². The van der Waals surface area contributed by atoms with E-state index in [1.165, 1.54) is 16.0 Å². The van der Waals surface area contributed by atoms with Crippen molar-refractivity contribution < 1.29 is 32.7 Å². The Morgan fingerprint density at radius 2 is 1.68 bits per heavy atom. The fraction of sp³-hybridized carbons (Fsp3) is 0.551. The molecule has 0 spiro atoms. The van der Waals surface area contributed by atoms with Gasteiger partial charge in [-0.25, -0.2) is 23.1 Å². The molecular weight excluding hydrogens is 896 g/mol. The highest BCUT2D eigenvalue weighted by atomic mass is 35.5. The third-order valence-electron chi connectivity index (χ3n) is 15.5. The second-order valence-electron chi connectivity index (χ2n) is 19.4. The SMILES string of the molecule is CNc1cc(N2CCc3c(CC4CCN(C5CCN(C6CCN(C(=O)c7cc(C)c(Cl)c(N8CCC(=O)NC8=O)c7)CC6)CC5(F)F)CC4)cccc32)nn2c(C(=O)NC3CC[C@H]3OC)cnc12. The molecule has 0 radical (unpaired) electrons. The molecule has 5 aliphatic heterocycles.